The molecule has 0 aromatic rings. The van der Waals surface area contributed by atoms with Crippen molar-refractivity contribution in [3.63, 3.8) is 0 Å². The SMILES string of the molecule is CCCCCCCCC=CCCCCCCCC(=O)OC[C@H](CC)OC(=O)CCCCCCC/C=C\CCCCCCCC.COP(C)(=O)OCCNC(=O)CCCCC(=O)NCCCO[C@@H]1OC(CO)[C@@H](O[C@@H]2CC(C)[C@@H](O)C(O)[C@@H]2O)[C@H](O[C@@H]2OC(CO)[C@H](O)[C@H](O)C2O[C@@H]2OC(C)[C@@H](O)C(O)[C@@H]2O)C1NC(C)=O. The minimum atomic E-state index is -3.16. The predicted octanol–water partition coefficient (Wildman–Crippen LogP) is 7.73. The summed E-state index contributed by atoms with van der Waals surface area (Å²) in [5, 5.41) is 115. The third kappa shape index (κ3) is 41.3. The van der Waals surface area contributed by atoms with Crippen molar-refractivity contribution in [1.29, 1.82) is 0 Å². The van der Waals surface area contributed by atoms with Gasteiger partial charge in [0, 0.05) is 59.5 Å². The molecule has 31 heteroatoms. The molecule has 3 saturated heterocycles. The Bertz CT molecular complexity index is 2580. The van der Waals surface area contributed by atoms with Gasteiger partial charge in [0.2, 0.25) is 17.7 Å². The number of esters is 2. The lowest BCUT2D eigenvalue weighted by atomic mass is 9.81. The fourth-order valence-electron chi connectivity index (χ4n) is 13.5. The Hall–Kier alpha value is -3.70. The van der Waals surface area contributed by atoms with Gasteiger partial charge in [0.15, 0.2) is 18.9 Å². The quantitative estimate of drug-likeness (QED) is 0.0120. The largest absolute Gasteiger partial charge is 0.462 e. The fourth-order valence-corrected chi connectivity index (χ4v) is 14.0. The van der Waals surface area contributed by atoms with Gasteiger partial charge in [-0.3, -0.25) is 28.5 Å². The van der Waals surface area contributed by atoms with E-state index in [1.165, 1.54) is 162 Å². The number of ether oxygens (including phenoxy) is 9. The lowest BCUT2D eigenvalue weighted by Gasteiger charge is -2.51. The molecule has 22 atom stereocenters. The number of rotatable bonds is 58. The van der Waals surface area contributed by atoms with Crippen LogP contribution in [0.2, 0.25) is 0 Å². The minimum Gasteiger partial charge on any atom is -0.462 e. The number of carbonyl (C=O) groups is 5. The van der Waals surface area contributed by atoms with Crippen molar-refractivity contribution in [3.8, 4) is 0 Å². The molecule has 0 spiro atoms. The van der Waals surface area contributed by atoms with Gasteiger partial charge in [-0.2, -0.15) is 0 Å². The van der Waals surface area contributed by atoms with Gasteiger partial charge in [0.25, 0.3) is 0 Å². The standard InChI is InChI=1S/C40H72N3O23P.C40H74O4/c1-18-15-21(29(51)31(53)27(18)49)62-35-23(17-45)64-38(59-13-8-11-41-24(47)9-6-7-10-25(48)42-12-14-60-67(5,57)58-4)26(43-20(3)46)36(35)65-40-37(33(55)30(52)22(16-44)63-40)66-39-34(56)32(54)28(50)19(2)61-39;1-4-7-9-11-13-15-17-19-21-23-25-27-29-31-33-35-39(41)43-37-38(6-3)44-40(42)36-34-32-30-28-26-24-22-20-18-16-14-12-10-8-5-2/h18-19,21-23,26-40,44-45,49-56H,6-17H2,1-5H3,(H,41,47)(H,42,48)(H,43,46);19-22,38H,4-18,23-37H2,1-3H3/b;21-19?,22-20-/t18?,19?,21-,22?,23?,26?,27-,28-,29-,30+,31?,32?,33+,34+,35-,36-,37?,38-,39+,40+,67?;38-/m10/s1. The lowest BCUT2D eigenvalue weighted by Crippen LogP contribution is -2.70. The molecule has 0 aromatic carbocycles. The molecule has 0 bridgehead atoms. The number of nitrogens with one attached hydrogen (secondary N) is 3. The molecule has 4 aliphatic rings. The van der Waals surface area contributed by atoms with Crippen LogP contribution in [0, 0.1) is 5.92 Å². The van der Waals surface area contributed by atoms with Crippen LogP contribution in [-0.4, -0.2) is 263 Å². The van der Waals surface area contributed by atoms with Gasteiger partial charge >= 0.3 is 19.5 Å². The number of carbonyl (C=O) groups excluding carboxylic acids is 5. The Morgan fingerprint density at radius 3 is 1.50 bits per heavy atom. The van der Waals surface area contributed by atoms with Crippen LogP contribution in [0.5, 0.6) is 0 Å². The molecule has 4 fully saturated rings. The molecular weight excluding hydrogens is 1470 g/mol. The summed E-state index contributed by atoms with van der Waals surface area (Å²) in [6, 6.07) is -1.40. The normalized spacial score (nSPS) is 29.1. The highest BCUT2D eigenvalue weighted by Crippen LogP contribution is 2.42. The summed E-state index contributed by atoms with van der Waals surface area (Å²) < 4.78 is 74.9. The highest BCUT2D eigenvalue weighted by atomic mass is 31.2. The zero-order valence-electron chi connectivity index (χ0n) is 68.0. The van der Waals surface area contributed by atoms with Crippen LogP contribution in [0.3, 0.4) is 0 Å². The number of aliphatic hydroxyl groups is 10. The average Bonchev–Trinajstić information content (AvgIpc) is 0.765. The van der Waals surface area contributed by atoms with Gasteiger partial charge in [-0.25, -0.2) is 0 Å². The van der Waals surface area contributed by atoms with Crippen LogP contribution < -0.4 is 16.0 Å². The Kier molecular flexibility index (Phi) is 54.7. The topological polar surface area (TPSA) is 442 Å². The van der Waals surface area contributed by atoms with Crippen LogP contribution in [0.1, 0.15) is 266 Å². The van der Waals surface area contributed by atoms with Crippen LogP contribution in [-0.2, 0) is 80.2 Å². The zero-order valence-corrected chi connectivity index (χ0v) is 68.9. The van der Waals surface area contributed by atoms with Crippen molar-refractivity contribution < 1.29 is 131 Å². The predicted molar refractivity (Wildman–Crippen MR) is 415 cm³/mol. The summed E-state index contributed by atoms with van der Waals surface area (Å²) in [5.74, 6) is -2.16. The molecule has 30 nitrogen and oxygen atoms in total. The molecule has 4 rings (SSSR count). The number of hydrogen-bond donors (Lipinski definition) is 13. The summed E-state index contributed by atoms with van der Waals surface area (Å²) in [5.41, 5.74) is 0. The highest BCUT2D eigenvalue weighted by molar-refractivity contribution is 7.52. The van der Waals surface area contributed by atoms with E-state index in [1.54, 1.807) is 6.92 Å². The van der Waals surface area contributed by atoms with E-state index in [1.807, 2.05) is 6.92 Å². The van der Waals surface area contributed by atoms with E-state index in [0.29, 0.717) is 32.1 Å². The van der Waals surface area contributed by atoms with E-state index < -0.39 is 149 Å². The van der Waals surface area contributed by atoms with Crippen LogP contribution in [0.4, 0.5) is 0 Å². The van der Waals surface area contributed by atoms with Crippen molar-refractivity contribution in [2.45, 2.75) is 389 Å². The second kappa shape index (κ2) is 59.9. The number of amides is 3. The smallest absolute Gasteiger partial charge is 0.327 e. The monoisotopic (exact) mass is 1610 g/mol. The molecule has 648 valence electrons. The maximum Gasteiger partial charge on any atom is 0.327 e. The van der Waals surface area contributed by atoms with Crippen molar-refractivity contribution in [1.82, 2.24) is 16.0 Å². The highest BCUT2D eigenvalue weighted by Gasteiger charge is 2.56. The van der Waals surface area contributed by atoms with Crippen molar-refractivity contribution in [2.75, 3.05) is 59.9 Å². The number of allylic oxidation sites excluding steroid dienone is 4. The number of aliphatic hydroxyl groups excluding tert-OH is 10. The van der Waals surface area contributed by atoms with Gasteiger partial charge in [-0.05, 0) is 109 Å². The van der Waals surface area contributed by atoms with Gasteiger partial charge in [-0.1, -0.05) is 155 Å². The van der Waals surface area contributed by atoms with E-state index in [-0.39, 0.29) is 88.5 Å². The third-order valence-corrected chi connectivity index (χ3v) is 21.9. The van der Waals surface area contributed by atoms with Crippen LogP contribution >= 0.6 is 7.60 Å². The lowest BCUT2D eigenvalue weighted by molar-refractivity contribution is -0.384. The molecule has 0 aromatic heterocycles. The molecule has 13 N–H and O–H groups in total. The summed E-state index contributed by atoms with van der Waals surface area (Å²) in [6.07, 6.45) is 15.4. The first-order valence-electron chi connectivity index (χ1n) is 41.7. The van der Waals surface area contributed by atoms with Crippen LogP contribution in [0.25, 0.3) is 0 Å². The first-order valence-corrected chi connectivity index (χ1v) is 43.7. The summed E-state index contributed by atoms with van der Waals surface area (Å²) in [4.78, 5) is 61.9. The molecular formula is C80H146N3O27P. The van der Waals surface area contributed by atoms with Crippen molar-refractivity contribution in [3.05, 3.63) is 24.3 Å². The van der Waals surface area contributed by atoms with E-state index in [9.17, 15) is 79.6 Å². The maximum atomic E-state index is 12.9. The van der Waals surface area contributed by atoms with Crippen molar-refractivity contribution >= 4 is 37.3 Å². The molecule has 0 radical (unpaired) electrons. The van der Waals surface area contributed by atoms with Gasteiger partial charge in [0.05, 0.1) is 44.7 Å². The molecule has 3 heterocycles. The van der Waals surface area contributed by atoms with E-state index >= 15 is 0 Å². The Labute approximate surface area is 660 Å². The second-order valence-corrected chi connectivity index (χ2v) is 32.3. The summed E-state index contributed by atoms with van der Waals surface area (Å²) >= 11 is 0. The van der Waals surface area contributed by atoms with E-state index in [2.05, 4.69) is 54.1 Å². The molecule has 3 amide bonds. The average molecular weight is 1610 g/mol. The van der Waals surface area contributed by atoms with E-state index in [4.69, 9.17) is 51.7 Å². The Morgan fingerprint density at radius 2 is 0.982 bits per heavy atom. The van der Waals surface area contributed by atoms with Gasteiger partial charge in [0.1, 0.15) is 92.0 Å². The van der Waals surface area contributed by atoms with Crippen molar-refractivity contribution in [2.24, 2.45) is 5.92 Å². The Morgan fingerprint density at radius 1 is 0.495 bits per heavy atom. The zero-order chi connectivity index (χ0) is 81.9. The Balaban J connectivity index is 0.000000631. The minimum absolute atomic E-state index is 0.00547. The first-order chi connectivity index (χ1) is 53.3. The molecule has 9 unspecified atom stereocenters. The molecule has 3 aliphatic heterocycles. The molecule has 1 aliphatic carbocycles. The van der Waals surface area contributed by atoms with Gasteiger partial charge < -0.3 is 119 Å². The summed E-state index contributed by atoms with van der Waals surface area (Å²) in [6.45, 7) is 10.6. The fraction of sp³-hybridized carbons (Fsp3) is 0.887. The van der Waals surface area contributed by atoms with Crippen LogP contribution in [0.15, 0.2) is 24.3 Å². The molecule has 1 saturated carbocycles. The first kappa shape index (κ1) is 101. The third-order valence-electron chi connectivity index (χ3n) is 20.5. The maximum absolute atomic E-state index is 12.9. The molecule has 111 heavy (non-hydrogen) atoms. The van der Waals surface area contributed by atoms with Gasteiger partial charge in [-0.15, -0.1) is 0 Å². The summed E-state index contributed by atoms with van der Waals surface area (Å²) in [7, 11) is -1.90. The van der Waals surface area contributed by atoms with E-state index in [0.717, 1.165) is 32.6 Å². The number of hydrogen-bond acceptors (Lipinski definition) is 27. The second-order valence-electron chi connectivity index (χ2n) is 30.2. The number of unbranched alkanes of at least 4 members (excludes halogenated alkanes) is 23.